The quantitative estimate of drug-likeness (QED) is 0.299. The minimum absolute atomic E-state index is 0.165. The molecule has 0 unspecified atom stereocenters. The monoisotopic (exact) mass is 474 g/mol. The van der Waals surface area contributed by atoms with Crippen LogP contribution in [0.25, 0.3) is 21.8 Å². The lowest BCUT2D eigenvalue weighted by atomic mass is 10.1. The van der Waals surface area contributed by atoms with Crippen LogP contribution in [0.15, 0.2) is 66.1 Å². The van der Waals surface area contributed by atoms with Crippen molar-refractivity contribution in [3.05, 3.63) is 77.7 Å². The Labute approximate surface area is 194 Å². The number of hydrogen-bond donors (Lipinski definition) is 2. The molecule has 33 heavy (non-hydrogen) atoms. The largest absolute Gasteiger partial charge is 0.345 e. The van der Waals surface area contributed by atoms with Crippen LogP contribution in [0.2, 0.25) is 5.28 Å². The van der Waals surface area contributed by atoms with Gasteiger partial charge in [0.2, 0.25) is 5.28 Å². The molecule has 5 rings (SSSR count). The number of aromatic amines is 1. The second kappa shape index (κ2) is 8.16. The highest BCUT2D eigenvalue weighted by molar-refractivity contribution is 7.90. The summed E-state index contributed by atoms with van der Waals surface area (Å²) in [5.74, 6) is 6.82. The molecule has 8 nitrogen and oxygen atoms in total. The number of sulfone groups is 1. The topological polar surface area (TPSA) is 114 Å². The first kappa shape index (κ1) is 20.9. The Hall–Kier alpha value is -4.00. The van der Waals surface area contributed by atoms with E-state index in [2.05, 4.69) is 42.1 Å². The van der Waals surface area contributed by atoms with E-state index in [-0.39, 0.29) is 10.2 Å². The van der Waals surface area contributed by atoms with Crippen molar-refractivity contribution in [2.24, 2.45) is 0 Å². The van der Waals surface area contributed by atoms with Gasteiger partial charge in [-0.15, -0.1) is 0 Å². The van der Waals surface area contributed by atoms with Gasteiger partial charge < -0.3 is 10.3 Å². The third-order valence-electron chi connectivity index (χ3n) is 4.92. The second-order valence-corrected chi connectivity index (χ2v) is 9.58. The third-order valence-corrected chi connectivity index (χ3v) is 6.23. The summed E-state index contributed by atoms with van der Waals surface area (Å²) in [6.07, 6.45) is 7.97. The van der Waals surface area contributed by atoms with E-state index in [0.717, 1.165) is 21.7 Å². The number of nitrogens with zero attached hydrogens (tertiary/aromatic N) is 4. The van der Waals surface area contributed by atoms with Gasteiger partial charge in [0.25, 0.3) is 0 Å². The summed E-state index contributed by atoms with van der Waals surface area (Å²) in [5.41, 5.74) is 2.65. The molecule has 0 atom stereocenters. The molecule has 5 aromatic rings. The summed E-state index contributed by atoms with van der Waals surface area (Å²) >= 11 is 5.84. The van der Waals surface area contributed by atoms with Gasteiger partial charge in [-0.05, 0) is 53.9 Å². The van der Waals surface area contributed by atoms with E-state index in [1.54, 1.807) is 49.1 Å². The molecule has 0 aliphatic rings. The average molecular weight is 475 g/mol. The molecule has 4 aromatic heterocycles. The van der Waals surface area contributed by atoms with Crippen LogP contribution in [0.1, 0.15) is 11.3 Å². The molecule has 2 N–H and O–H groups in total. The molecule has 0 bridgehead atoms. The van der Waals surface area contributed by atoms with Crippen molar-refractivity contribution in [2.45, 2.75) is 4.90 Å². The van der Waals surface area contributed by atoms with Crippen molar-refractivity contribution >= 4 is 54.7 Å². The fourth-order valence-electron chi connectivity index (χ4n) is 3.28. The predicted octanol–water partition coefficient (Wildman–Crippen LogP) is 4.10. The zero-order valence-corrected chi connectivity index (χ0v) is 18.7. The van der Waals surface area contributed by atoms with E-state index >= 15 is 0 Å². The Morgan fingerprint density at radius 1 is 1.00 bits per heavy atom. The number of nitrogens with one attached hydrogen (secondary N) is 2. The number of benzene rings is 1. The van der Waals surface area contributed by atoms with Crippen LogP contribution >= 0.6 is 11.6 Å². The fraction of sp³-hybridized carbons (Fsp3) is 0.0435. The molecular weight excluding hydrogens is 460 g/mol. The van der Waals surface area contributed by atoms with Gasteiger partial charge in [0, 0.05) is 47.5 Å². The highest BCUT2D eigenvalue weighted by Gasteiger charge is 2.08. The minimum atomic E-state index is -3.25. The molecular formula is C23H15ClN6O2S. The van der Waals surface area contributed by atoms with Crippen molar-refractivity contribution in [3.63, 3.8) is 0 Å². The molecule has 0 amide bonds. The van der Waals surface area contributed by atoms with Crippen LogP contribution in [-0.2, 0) is 9.84 Å². The first-order valence-corrected chi connectivity index (χ1v) is 12.0. The molecule has 4 heterocycles. The van der Waals surface area contributed by atoms with Gasteiger partial charge in [0.15, 0.2) is 9.84 Å². The SMILES string of the molecule is CS(=O)(=O)c1ccc(Nc2cc3c(C#Cc4c[nH]c5nc(Cl)ncc45)nccc3cn2)cc1. The van der Waals surface area contributed by atoms with Crippen molar-refractivity contribution in [3.8, 4) is 11.8 Å². The Bertz CT molecular complexity index is 1690. The summed E-state index contributed by atoms with van der Waals surface area (Å²) in [5, 5.41) is 5.84. The van der Waals surface area contributed by atoms with E-state index in [9.17, 15) is 8.42 Å². The number of fused-ring (bicyclic) bond motifs is 2. The maximum Gasteiger partial charge on any atom is 0.224 e. The van der Waals surface area contributed by atoms with Gasteiger partial charge in [-0.1, -0.05) is 5.92 Å². The van der Waals surface area contributed by atoms with E-state index in [1.807, 2.05) is 12.1 Å². The maximum absolute atomic E-state index is 11.7. The minimum Gasteiger partial charge on any atom is -0.345 e. The zero-order valence-electron chi connectivity index (χ0n) is 17.2. The average Bonchev–Trinajstić information content (AvgIpc) is 3.19. The molecule has 0 fully saturated rings. The molecule has 10 heteroatoms. The number of halogens is 1. The molecule has 0 spiro atoms. The molecule has 0 radical (unpaired) electrons. The van der Waals surface area contributed by atoms with Crippen molar-refractivity contribution in [1.82, 2.24) is 24.9 Å². The summed E-state index contributed by atoms with van der Waals surface area (Å²) in [6.45, 7) is 0. The smallest absolute Gasteiger partial charge is 0.224 e. The molecule has 162 valence electrons. The van der Waals surface area contributed by atoms with E-state index in [0.29, 0.717) is 22.8 Å². The number of anilines is 2. The molecule has 0 saturated heterocycles. The summed E-state index contributed by atoms with van der Waals surface area (Å²) in [7, 11) is -3.25. The van der Waals surface area contributed by atoms with Crippen LogP contribution in [0.4, 0.5) is 11.5 Å². The van der Waals surface area contributed by atoms with Gasteiger partial charge in [-0.2, -0.15) is 4.98 Å². The van der Waals surface area contributed by atoms with Crippen LogP contribution in [0.3, 0.4) is 0 Å². The van der Waals surface area contributed by atoms with Crippen LogP contribution < -0.4 is 5.32 Å². The first-order chi connectivity index (χ1) is 15.9. The highest BCUT2D eigenvalue weighted by atomic mass is 35.5. The lowest BCUT2D eigenvalue weighted by Gasteiger charge is -2.08. The Kier molecular flexibility index (Phi) is 5.17. The van der Waals surface area contributed by atoms with Crippen molar-refractivity contribution < 1.29 is 8.42 Å². The van der Waals surface area contributed by atoms with Crippen molar-refractivity contribution in [2.75, 3.05) is 11.6 Å². The lowest BCUT2D eigenvalue weighted by molar-refractivity contribution is 0.602. The summed E-state index contributed by atoms with van der Waals surface area (Å²) < 4.78 is 23.3. The van der Waals surface area contributed by atoms with Gasteiger partial charge in [0.1, 0.15) is 17.2 Å². The number of rotatable bonds is 3. The maximum atomic E-state index is 11.7. The molecule has 1 aromatic carbocycles. The van der Waals surface area contributed by atoms with E-state index < -0.39 is 9.84 Å². The number of H-pyrrole nitrogens is 1. The summed E-state index contributed by atoms with van der Waals surface area (Å²) in [6, 6.07) is 10.2. The second-order valence-electron chi connectivity index (χ2n) is 7.23. The fourth-order valence-corrected chi connectivity index (χ4v) is 4.05. The van der Waals surface area contributed by atoms with Gasteiger partial charge in [-0.25, -0.2) is 23.4 Å². The van der Waals surface area contributed by atoms with E-state index in [1.165, 1.54) is 6.26 Å². The highest BCUT2D eigenvalue weighted by Crippen LogP contribution is 2.23. The lowest BCUT2D eigenvalue weighted by Crippen LogP contribution is -1.98. The Morgan fingerprint density at radius 3 is 2.61 bits per heavy atom. The Balaban J connectivity index is 1.48. The normalized spacial score (nSPS) is 11.3. The van der Waals surface area contributed by atoms with Gasteiger partial charge in [-0.3, -0.25) is 0 Å². The van der Waals surface area contributed by atoms with Crippen LogP contribution in [0, 0.1) is 11.8 Å². The molecule has 0 aliphatic carbocycles. The zero-order chi connectivity index (χ0) is 23.0. The molecule has 0 saturated carbocycles. The number of aromatic nitrogens is 5. The molecule has 0 aliphatic heterocycles. The number of pyridine rings is 2. The summed E-state index contributed by atoms with van der Waals surface area (Å²) in [4.78, 5) is 20.3. The third kappa shape index (κ3) is 4.35. The number of hydrogen-bond acceptors (Lipinski definition) is 7. The van der Waals surface area contributed by atoms with Gasteiger partial charge in [0.05, 0.1) is 15.8 Å². The van der Waals surface area contributed by atoms with Crippen LogP contribution in [0.5, 0.6) is 0 Å². The standard InChI is InChI=1S/C23H15ClN6O2S/c1-33(31,32)17-5-3-16(4-6-17)29-21-10-18-15(11-26-21)8-9-25-20(18)7-2-14-12-27-22-19(14)13-28-23(24)30-22/h3-6,8-13H,1H3,(H,26,29)(H,27,28,30). The van der Waals surface area contributed by atoms with Crippen molar-refractivity contribution in [1.29, 1.82) is 0 Å². The first-order valence-electron chi connectivity index (χ1n) is 9.70. The Morgan fingerprint density at radius 2 is 1.82 bits per heavy atom. The van der Waals surface area contributed by atoms with Gasteiger partial charge >= 0.3 is 0 Å². The predicted molar refractivity (Wildman–Crippen MR) is 127 cm³/mol. The van der Waals surface area contributed by atoms with Crippen LogP contribution in [-0.4, -0.2) is 39.6 Å². The van der Waals surface area contributed by atoms with E-state index in [4.69, 9.17) is 11.6 Å².